The molecule has 0 bridgehead atoms. The summed E-state index contributed by atoms with van der Waals surface area (Å²) >= 11 is 2.90. The Morgan fingerprint density at radius 3 is 2.73 bits per heavy atom. The molecule has 0 heterocycles. The molecule has 1 N–H and O–H groups in total. The summed E-state index contributed by atoms with van der Waals surface area (Å²) in [6.07, 6.45) is 0.605. The summed E-state index contributed by atoms with van der Waals surface area (Å²) in [6.45, 7) is 0.730. The summed E-state index contributed by atoms with van der Waals surface area (Å²) in [5.74, 6) is 4.33. The molecule has 0 unspecified atom stereocenters. The van der Waals surface area contributed by atoms with E-state index in [1.165, 1.54) is 0 Å². The van der Waals surface area contributed by atoms with E-state index in [9.17, 15) is 8.78 Å². The first-order valence-corrected chi connectivity index (χ1v) is 5.22. The van der Waals surface area contributed by atoms with Crippen molar-refractivity contribution in [1.29, 1.82) is 0 Å². The smallest absolute Gasteiger partial charge is 0.140 e. The molecule has 0 fully saturated rings. The number of benzene rings is 1. The highest BCUT2D eigenvalue weighted by molar-refractivity contribution is 9.10. The van der Waals surface area contributed by atoms with Crippen molar-refractivity contribution in [2.45, 2.75) is 6.42 Å². The first-order valence-electron chi connectivity index (χ1n) is 4.43. The molecule has 0 radical (unpaired) electrons. The van der Waals surface area contributed by atoms with Crippen LogP contribution in [-0.4, -0.2) is 13.6 Å². The number of nitrogens with one attached hydrogen (secondary N) is 1. The van der Waals surface area contributed by atoms with Crippen LogP contribution in [0.25, 0.3) is 0 Å². The number of hydrogen-bond donors (Lipinski definition) is 1. The van der Waals surface area contributed by atoms with Crippen molar-refractivity contribution in [3.05, 3.63) is 33.8 Å². The van der Waals surface area contributed by atoms with Gasteiger partial charge in [0.1, 0.15) is 11.6 Å². The second-order valence-corrected chi connectivity index (χ2v) is 3.76. The summed E-state index contributed by atoms with van der Waals surface area (Å²) in [6, 6.07) is 2.17. The molecule has 1 aromatic rings. The lowest BCUT2D eigenvalue weighted by Gasteiger charge is -1.97. The lowest BCUT2D eigenvalue weighted by atomic mass is 10.2. The van der Waals surface area contributed by atoms with Gasteiger partial charge in [-0.1, -0.05) is 11.8 Å². The van der Waals surface area contributed by atoms with Crippen LogP contribution in [0.1, 0.15) is 12.0 Å². The van der Waals surface area contributed by atoms with Crippen molar-refractivity contribution < 1.29 is 8.78 Å². The fourth-order valence-corrected chi connectivity index (χ4v) is 1.28. The van der Waals surface area contributed by atoms with E-state index < -0.39 is 11.6 Å². The fourth-order valence-electron chi connectivity index (χ4n) is 0.964. The molecule has 0 aliphatic heterocycles. The van der Waals surface area contributed by atoms with Gasteiger partial charge in [0.25, 0.3) is 0 Å². The highest BCUT2D eigenvalue weighted by atomic mass is 79.9. The number of rotatable bonds is 2. The summed E-state index contributed by atoms with van der Waals surface area (Å²) in [4.78, 5) is 0. The van der Waals surface area contributed by atoms with E-state index in [4.69, 9.17) is 0 Å². The van der Waals surface area contributed by atoms with Crippen LogP contribution in [0.5, 0.6) is 0 Å². The summed E-state index contributed by atoms with van der Waals surface area (Å²) in [5, 5.41) is 2.91. The third-order valence-electron chi connectivity index (χ3n) is 1.73. The fraction of sp³-hybridized carbons (Fsp3) is 0.273. The van der Waals surface area contributed by atoms with Gasteiger partial charge in [-0.3, -0.25) is 0 Å². The van der Waals surface area contributed by atoms with Gasteiger partial charge in [-0.05, 0) is 35.1 Å². The van der Waals surface area contributed by atoms with E-state index in [1.807, 2.05) is 7.05 Å². The molecule has 0 saturated carbocycles. The van der Waals surface area contributed by atoms with Crippen molar-refractivity contribution >= 4 is 15.9 Å². The first-order chi connectivity index (χ1) is 7.15. The van der Waals surface area contributed by atoms with Crippen LogP contribution in [0.3, 0.4) is 0 Å². The van der Waals surface area contributed by atoms with E-state index >= 15 is 0 Å². The van der Waals surface area contributed by atoms with Gasteiger partial charge < -0.3 is 5.32 Å². The minimum atomic E-state index is -0.514. The maximum Gasteiger partial charge on any atom is 0.140 e. The van der Waals surface area contributed by atoms with Crippen LogP contribution in [0, 0.1) is 23.5 Å². The Bertz CT molecular complexity index is 407. The average Bonchev–Trinajstić information content (AvgIpc) is 2.20. The zero-order chi connectivity index (χ0) is 11.3. The SMILES string of the molecule is CNCCC#Cc1cc(F)c(Br)cc1F. The molecular formula is C11H10BrF2N. The molecule has 0 aromatic heterocycles. The number of halogens is 3. The van der Waals surface area contributed by atoms with Gasteiger partial charge >= 0.3 is 0 Å². The van der Waals surface area contributed by atoms with Gasteiger partial charge in [0, 0.05) is 13.0 Å². The lowest BCUT2D eigenvalue weighted by molar-refractivity contribution is 0.591. The Kier molecular flexibility index (Phi) is 4.73. The largest absolute Gasteiger partial charge is 0.319 e. The van der Waals surface area contributed by atoms with E-state index in [-0.39, 0.29) is 10.0 Å². The van der Waals surface area contributed by atoms with Crippen molar-refractivity contribution in [3.63, 3.8) is 0 Å². The zero-order valence-corrected chi connectivity index (χ0v) is 9.79. The van der Waals surface area contributed by atoms with Gasteiger partial charge in [0.05, 0.1) is 10.0 Å². The van der Waals surface area contributed by atoms with Crippen LogP contribution in [0.4, 0.5) is 8.78 Å². The van der Waals surface area contributed by atoms with E-state index in [2.05, 4.69) is 33.1 Å². The Morgan fingerprint density at radius 2 is 2.07 bits per heavy atom. The molecule has 1 rings (SSSR count). The van der Waals surface area contributed by atoms with Gasteiger partial charge in [0.15, 0.2) is 0 Å². The van der Waals surface area contributed by atoms with Crippen molar-refractivity contribution in [2.75, 3.05) is 13.6 Å². The zero-order valence-electron chi connectivity index (χ0n) is 8.20. The van der Waals surface area contributed by atoms with Crippen LogP contribution in [-0.2, 0) is 0 Å². The Labute approximate surface area is 96.0 Å². The average molecular weight is 274 g/mol. The van der Waals surface area contributed by atoms with Crippen LogP contribution < -0.4 is 5.32 Å². The third kappa shape index (κ3) is 3.61. The number of hydrogen-bond acceptors (Lipinski definition) is 1. The van der Waals surface area contributed by atoms with Crippen LogP contribution >= 0.6 is 15.9 Å². The Hall–Kier alpha value is -0.920. The second-order valence-electron chi connectivity index (χ2n) is 2.90. The van der Waals surface area contributed by atoms with Gasteiger partial charge in [-0.2, -0.15) is 0 Å². The van der Waals surface area contributed by atoms with E-state index in [0.29, 0.717) is 6.42 Å². The first kappa shape index (κ1) is 12.2. The second kappa shape index (κ2) is 5.84. The molecule has 0 amide bonds. The van der Waals surface area contributed by atoms with E-state index in [1.54, 1.807) is 0 Å². The van der Waals surface area contributed by atoms with Crippen molar-refractivity contribution in [3.8, 4) is 11.8 Å². The highest BCUT2D eigenvalue weighted by Crippen LogP contribution is 2.19. The van der Waals surface area contributed by atoms with Crippen molar-refractivity contribution in [1.82, 2.24) is 5.32 Å². The van der Waals surface area contributed by atoms with Gasteiger partial charge in [0.2, 0.25) is 0 Å². The topological polar surface area (TPSA) is 12.0 Å². The molecule has 1 aromatic carbocycles. The standard InChI is InChI=1S/C11H10BrF2N/c1-15-5-3-2-4-8-6-11(14)9(12)7-10(8)13/h6-7,15H,3,5H2,1H3. The minimum absolute atomic E-state index is 0.0896. The molecular weight excluding hydrogens is 264 g/mol. The van der Waals surface area contributed by atoms with Gasteiger partial charge in [-0.15, -0.1) is 0 Å². The summed E-state index contributed by atoms with van der Waals surface area (Å²) < 4.78 is 26.4. The molecule has 4 heteroatoms. The van der Waals surface area contributed by atoms with Crippen LogP contribution in [0.2, 0.25) is 0 Å². The molecule has 0 spiro atoms. The molecule has 0 atom stereocenters. The molecule has 0 aliphatic rings. The van der Waals surface area contributed by atoms with Crippen molar-refractivity contribution in [2.24, 2.45) is 0 Å². The molecule has 0 saturated heterocycles. The maximum absolute atomic E-state index is 13.2. The third-order valence-corrected chi connectivity index (χ3v) is 2.34. The molecule has 0 aliphatic carbocycles. The normalized spacial score (nSPS) is 9.60. The molecule has 80 valence electrons. The predicted molar refractivity (Wildman–Crippen MR) is 59.5 cm³/mol. The Morgan fingerprint density at radius 1 is 1.33 bits per heavy atom. The highest BCUT2D eigenvalue weighted by Gasteiger charge is 2.05. The lowest BCUT2D eigenvalue weighted by Crippen LogP contribution is -2.05. The summed E-state index contributed by atoms with van der Waals surface area (Å²) in [7, 11) is 1.81. The minimum Gasteiger partial charge on any atom is -0.319 e. The summed E-state index contributed by atoms with van der Waals surface area (Å²) in [5.41, 5.74) is 0.0896. The van der Waals surface area contributed by atoms with Gasteiger partial charge in [-0.25, -0.2) is 8.78 Å². The predicted octanol–water partition coefficient (Wildman–Crippen LogP) is 2.69. The Balaban J connectivity index is 2.84. The monoisotopic (exact) mass is 273 g/mol. The quantitative estimate of drug-likeness (QED) is 0.496. The molecule has 15 heavy (non-hydrogen) atoms. The van der Waals surface area contributed by atoms with E-state index in [0.717, 1.165) is 18.7 Å². The van der Waals surface area contributed by atoms with Crippen LogP contribution in [0.15, 0.2) is 16.6 Å². The molecule has 1 nitrogen and oxygen atoms in total. The maximum atomic E-state index is 13.2.